The molecule has 0 amide bonds. The third kappa shape index (κ3) is 4.81. The molecular weight excluding hydrogens is 665 g/mol. The van der Waals surface area contributed by atoms with Gasteiger partial charge in [0.1, 0.15) is 22.3 Å². The Labute approximate surface area is 309 Å². The van der Waals surface area contributed by atoms with E-state index in [2.05, 4.69) is 72.8 Å². The van der Waals surface area contributed by atoms with Crippen molar-refractivity contribution < 1.29 is 8.83 Å². The van der Waals surface area contributed by atoms with E-state index in [0.717, 1.165) is 93.7 Å². The fourth-order valence-electron chi connectivity index (χ4n) is 7.67. The van der Waals surface area contributed by atoms with Crippen LogP contribution in [-0.2, 0) is 0 Å². The minimum atomic E-state index is 0.541. The van der Waals surface area contributed by atoms with Crippen LogP contribution in [0, 0.1) is 0 Å². The number of rotatable bonds is 5. The Morgan fingerprint density at radius 2 is 0.981 bits per heavy atom. The van der Waals surface area contributed by atoms with E-state index in [1.54, 1.807) is 0 Å². The molecule has 6 heteroatoms. The molecule has 7 aromatic carbocycles. The van der Waals surface area contributed by atoms with Crippen LogP contribution in [0.4, 0.5) is 0 Å². The van der Waals surface area contributed by atoms with Crippen LogP contribution in [0.1, 0.15) is 0 Å². The van der Waals surface area contributed by atoms with Crippen molar-refractivity contribution in [2.75, 3.05) is 0 Å². The van der Waals surface area contributed by atoms with E-state index in [0.29, 0.717) is 17.5 Å². The predicted octanol–water partition coefficient (Wildman–Crippen LogP) is 12.6. The highest BCUT2D eigenvalue weighted by atomic mass is 16.3. The lowest BCUT2D eigenvalue weighted by atomic mass is 9.96. The lowest BCUT2D eigenvalue weighted by molar-refractivity contribution is 0.669. The molecule has 252 valence electrons. The van der Waals surface area contributed by atoms with Gasteiger partial charge in [-0.2, -0.15) is 0 Å². The van der Waals surface area contributed by atoms with Crippen molar-refractivity contribution >= 4 is 54.6 Å². The van der Waals surface area contributed by atoms with Gasteiger partial charge in [0, 0.05) is 50.2 Å². The molecule has 0 N–H and O–H groups in total. The Balaban J connectivity index is 1.19. The van der Waals surface area contributed by atoms with Gasteiger partial charge in [-0.3, -0.25) is 4.98 Å². The third-order valence-electron chi connectivity index (χ3n) is 10.2. The molecule has 4 heterocycles. The summed E-state index contributed by atoms with van der Waals surface area (Å²) >= 11 is 0. The lowest BCUT2D eigenvalue weighted by Gasteiger charge is -2.13. The smallest absolute Gasteiger partial charge is 0.164 e. The van der Waals surface area contributed by atoms with E-state index in [1.807, 2.05) is 97.2 Å². The van der Waals surface area contributed by atoms with Crippen LogP contribution in [0.15, 0.2) is 179 Å². The average Bonchev–Trinajstić information content (AvgIpc) is 3.81. The molecule has 0 bridgehead atoms. The van der Waals surface area contributed by atoms with E-state index in [9.17, 15) is 0 Å². The molecule has 4 aromatic heterocycles. The molecule has 0 aliphatic carbocycles. The second-order valence-electron chi connectivity index (χ2n) is 13.4. The molecule has 0 fully saturated rings. The van der Waals surface area contributed by atoms with Crippen LogP contribution in [0.2, 0.25) is 0 Å². The summed E-state index contributed by atoms with van der Waals surface area (Å²) < 4.78 is 13.1. The number of benzene rings is 7. The van der Waals surface area contributed by atoms with Crippen molar-refractivity contribution in [3.05, 3.63) is 170 Å². The van der Waals surface area contributed by atoms with Gasteiger partial charge in [0.15, 0.2) is 17.5 Å². The number of pyridine rings is 1. The zero-order chi connectivity index (χ0) is 35.6. The van der Waals surface area contributed by atoms with Crippen molar-refractivity contribution in [2.45, 2.75) is 0 Å². The van der Waals surface area contributed by atoms with E-state index < -0.39 is 0 Å². The quantitative estimate of drug-likeness (QED) is 0.179. The van der Waals surface area contributed by atoms with Gasteiger partial charge in [0.05, 0.1) is 11.1 Å². The summed E-state index contributed by atoms with van der Waals surface area (Å²) in [6.45, 7) is 0. The molecule has 54 heavy (non-hydrogen) atoms. The summed E-state index contributed by atoms with van der Waals surface area (Å²) in [5.41, 5.74) is 9.43. The van der Waals surface area contributed by atoms with Gasteiger partial charge < -0.3 is 8.83 Å². The maximum atomic E-state index is 6.79. The summed E-state index contributed by atoms with van der Waals surface area (Å²) in [7, 11) is 0. The summed E-state index contributed by atoms with van der Waals surface area (Å²) in [6, 6.07) is 55.4. The summed E-state index contributed by atoms with van der Waals surface area (Å²) in [4.78, 5) is 20.7. The van der Waals surface area contributed by atoms with E-state index >= 15 is 0 Å². The molecule has 0 spiro atoms. The number of para-hydroxylation sites is 1. The first-order chi connectivity index (χ1) is 26.8. The van der Waals surface area contributed by atoms with Gasteiger partial charge in [-0.05, 0) is 40.6 Å². The first kappa shape index (κ1) is 30.2. The number of aromatic nitrogens is 4. The molecule has 0 aliphatic rings. The van der Waals surface area contributed by atoms with Gasteiger partial charge in [0.25, 0.3) is 0 Å². The average molecular weight is 693 g/mol. The van der Waals surface area contributed by atoms with Gasteiger partial charge in [-0.15, -0.1) is 0 Å². The maximum Gasteiger partial charge on any atom is 0.164 e. The topological polar surface area (TPSA) is 77.8 Å². The first-order valence-corrected chi connectivity index (χ1v) is 17.9. The summed E-state index contributed by atoms with van der Waals surface area (Å²) in [5, 5.41) is 6.17. The Morgan fingerprint density at radius 1 is 0.370 bits per heavy atom. The largest absolute Gasteiger partial charge is 0.456 e. The van der Waals surface area contributed by atoms with Crippen LogP contribution in [0.5, 0.6) is 0 Å². The van der Waals surface area contributed by atoms with Gasteiger partial charge in [0.2, 0.25) is 0 Å². The number of hydrogen-bond acceptors (Lipinski definition) is 6. The number of hydrogen-bond donors (Lipinski definition) is 0. The SMILES string of the molecule is c1ccc(-c2nc(-c3ccccc3-c3ncc(-c4ccccc4)c4oc5cc6ccccc6cc5c34)nc(-c3cccc4oc5ccccc5c34)n2)cc1. The Morgan fingerprint density at radius 3 is 1.80 bits per heavy atom. The zero-order valence-electron chi connectivity index (χ0n) is 28.8. The van der Waals surface area contributed by atoms with Crippen molar-refractivity contribution in [3.8, 4) is 56.5 Å². The molecule has 11 rings (SSSR count). The highest BCUT2D eigenvalue weighted by Crippen LogP contribution is 2.44. The van der Waals surface area contributed by atoms with Crippen LogP contribution in [0.3, 0.4) is 0 Å². The second kappa shape index (κ2) is 12.1. The zero-order valence-corrected chi connectivity index (χ0v) is 28.8. The molecule has 0 saturated heterocycles. The van der Waals surface area contributed by atoms with Crippen LogP contribution in [-0.4, -0.2) is 19.9 Å². The van der Waals surface area contributed by atoms with Crippen molar-refractivity contribution in [3.63, 3.8) is 0 Å². The van der Waals surface area contributed by atoms with E-state index in [4.69, 9.17) is 28.8 Å². The monoisotopic (exact) mass is 692 g/mol. The molecular formula is C48H28N4O2. The number of furan rings is 2. The third-order valence-corrected chi connectivity index (χ3v) is 10.2. The summed E-state index contributed by atoms with van der Waals surface area (Å²) in [5.74, 6) is 1.68. The van der Waals surface area contributed by atoms with E-state index in [1.165, 1.54) is 0 Å². The number of fused-ring (bicyclic) bond motifs is 7. The first-order valence-electron chi connectivity index (χ1n) is 17.9. The van der Waals surface area contributed by atoms with E-state index in [-0.39, 0.29) is 0 Å². The van der Waals surface area contributed by atoms with Gasteiger partial charge in [-0.1, -0.05) is 140 Å². The lowest BCUT2D eigenvalue weighted by Crippen LogP contribution is -2.01. The normalized spacial score (nSPS) is 11.7. The Bertz CT molecular complexity index is 3220. The maximum absolute atomic E-state index is 6.79. The molecule has 0 radical (unpaired) electrons. The Kier molecular flexibility index (Phi) is 6.75. The van der Waals surface area contributed by atoms with Crippen LogP contribution < -0.4 is 0 Å². The Hall–Kier alpha value is -7.44. The van der Waals surface area contributed by atoms with Crippen molar-refractivity contribution in [2.24, 2.45) is 0 Å². The summed E-state index contributed by atoms with van der Waals surface area (Å²) in [6.07, 6.45) is 1.92. The molecule has 0 atom stereocenters. The highest BCUT2D eigenvalue weighted by Gasteiger charge is 2.23. The molecule has 6 nitrogen and oxygen atoms in total. The fraction of sp³-hybridized carbons (Fsp3) is 0. The van der Waals surface area contributed by atoms with Crippen LogP contribution in [0.25, 0.3) is 111 Å². The van der Waals surface area contributed by atoms with Gasteiger partial charge >= 0.3 is 0 Å². The standard InChI is InChI=1S/C48H28N4O2/c1-3-14-29(15-4-1)38-28-49-44(43-37-26-31-18-7-8-19-32(31)27-41(37)54-45(38)43)33-20-9-10-21-34(33)47-50-46(30-16-5-2-6-17-30)51-48(52-47)36-23-13-25-40-42(36)35-22-11-12-24-39(35)53-40/h1-28H. The molecule has 0 saturated carbocycles. The molecule has 0 aliphatic heterocycles. The van der Waals surface area contributed by atoms with Crippen molar-refractivity contribution in [1.82, 2.24) is 19.9 Å². The van der Waals surface area contributed by atoms with Crippen molar-refractivity contribution in [1.29, 1.82) is 0 Å². The number of nitrogens with zero attached hydrogens (tertiary/aromatic N) is 4. The molecule has 11 aromatic rings. The minimum absolute atomic E-state index is 0.541. The van der Waals surface area contributed by atoms with Gasteiger partial charge in [-0.25, -0.2) is 15.0 Å². The highest BCUT2D eigenvalue weighted by molar-refractivity contribution is 6.18. The minimum Gasteiger partial charge on any atom is -0.456 e. The van der Waals surface area contributed by atoms with Crippen LogP contribution >= 0.6 is 0 Å². The fourth-order valence-corrected chi connectivity index (χ4v) is 7.67. The predicted molar refractivity (Wildman–Crippen MR) is 217 cm³/mol. The molecule has 0 unspecified atom stereocenters. The second-order valence-corrected chi connectivity index (χ2v) is 13.4.